The molecule has 1 aliphatic rings. The molecule has 0 unspecified atom stereocenters. The van der Waals surface area contributed by atoms with Gasteiger partial charge in [0.15, 0.2) is 0 Å². The van der Waals surface area contributed by atoms with Gasteiger partial charge >= 0.3 is 5.97 Å². The van der Waals surface area contributed by atoms with Crippen LogP contribution in [0, 0.1) is 12.8 Å². The molecule has 0 amide bonds. The summed E-state index contributed by atoms with van der Waals surface area (Å²) < 4.78 is 2.07. The molecule has 3 rings (SSSR count). The summed E-state index contributed by atoms with van der Waals surface area (Å²) in [7, 11) is 0. The van der Waals surface area contributed by atoms with E-state index in [4.69, 9.17) is 0 Å². The molecule has 0 atom stereocenters. The minimum absolute atomic E-state index is 0.353. The molecule has 4 heteroatoms. The third-order valence-corrected chi connectivity index (χ3v) is 4.17. The molecule has 2 aromatic rings. The number of aromatic nitrogens is 2. The number of fused-ring (bicyclic) bond motifs is 1. The zero-order valence-electron chi connectivity index (χ0n) is 11.1. The first-order valence-electron chi connectivity index (χ1n) is 6.86. The van der Waals surface area contributed by atoms with Crippen molar-refractivity contribution in [3.05, 3.63) is 29.6 Å². The molecule has 4 nitrogen and oxygen atoms in total. The molecule has 0 saturated heterocycles. The van der Waals surface area contributed by atoms with Gasteiger partial charge < -0.3 is 9.67 Å². The van der Waals surface area contributed by atoms with Gasteiger partial charge in [-0.15, -0.1) is 0 Å². The van der Waals surface area contributed by atoms with Gasteiger partial charge in [0, 0.05) is 6.54 Å². The lowest BCUT2D eigenvalue weighted by Crippen LogP contribution is -2.15. The van der Waals surface area contributed by atoms with Crippen LogP contribution < -0.4 is 0 Å². The highest BCUT2D eigenvalue weighted by atomic mass is 16.4. The van der Waals surface area contributed by atoms with Gasteiger partial charge in [-0.25, -0.2) is 9.78 Å². The quantitative estimate of drug-likeness (QED) is 0.916. The summed E-state index contributed by atoms with van der Waals surface area (Å²) in [5, 5.41) is 9.31. The molecular weight excluding hydrogens is 240 g/mol. The van der Waals surface area contributed by atoms with Crippen LogP contribution >= 0.6 is 0 Å². The van der Waals surface area contributed by atoms with Gasteiger partial charge in [0.1, 0.15) is 5.82 Å². The molecule has 0 radical (unpaired) electrons. The van der Waals surface area contributed by atoms with E-state index < -0.39 is 5.97 Å². The number of aryl methyl sites for hydroxylation is 2. The topological polar surface area (TPSA) is 55.1 Å². The van der Waals surface area contributed by atoms with E-state index in [0.29, 0.717) is 5.56 Å². The lowest BCUT2D eigenvalue weighted by atomic mass is 9.83. The van der Waals surface area contributed by atoms with Crippen molar-refractivity contribution >= 4 is 17.0 Å². The summed E-state index contributed by atoms with van der Waals surface area (Å²) in [6.45, 7) is 2.82. The normalized spacial score (nSPS) is 15.6. The Morgan fingerprint density at radius 2 is 2.26 bits per heavy atom. The number of para-hydroxylation sites is 1. The Morgan fingerprint density at radius 1 is 1.47 bits per heavy atom. The minimum atomic E-state index is -0.879. The fourth-order valence-corrected chi connectivity index (χ4v) is 2.84. The van der Waals surface area contributed by atoms with Crippen molar-refractivity contribution in [3.63, 3.8) is 0 Å². The molecule has 1 aliphatic carbocycles. The first kappa shape index (κ1) is 12.2. The highest BCUT2D eigenvalue weighted by Gasteiger charge is 2.20. The summed E-state index contributed by atoms with van der Waals surface area (Å²) in [5.41, 5.74) is 1.91. The molecule has 1 fully saturated rings. The van der Waals surface area contributed by atoms with Gasteiger partial charge in [-0.2, -0.15) is 0 Å². The maximum Gasteiger partial charge on any atom is 0.337 e. The van der Waals surface area contributed by atoms with Gasteiger partial charge in [0.05, 0.1) is 16.6 Å². The second kappa shape index (κ2) is 4.68. The van der Waals surface area contributed by atoms with E-state index in [1.54, 1.807) is 12.1 Å². The summed E-state index contributed by atoms with van der Waals surface area (Å²) in [6, 6.07) is 5.30. The predicted molar refractivity (Wildman–Crippen MR) is 73.4 cm³/mol. The second-order valence-electron chi connectivity index (χ2n) is 5.37. The molecular formula is C15H18N2O2. The van der Waals surface area contributed by atoms with Crippen LogP contribution in [-0.4, -0.2) is 20.6 Å². The lowest BCUT2D eigenvalue weighted by molar-refractivity contribution is 0.0698. The van der Waals surface area contributed by atoms with Crippen LogP contribution in [-0.2, 0) is 6.54 Å². The number of hydrogen-bond acceptors (Lipinski definition) is 2. The van der Waals surface area contributed by atoms with E-state index >= 15 is 0 Å². The van der Waals surface area contributed by atoms with Crippen molar-refractivity contribution in [2.75, 3.05) is 0 Å². The van der Waals surface area contributed by atoms with Crippen LogP contribution in [0.25, 0.3) is 11.0 Å². The van der Waals surface area contributed by atoms with E-state index in [1.807, 2.05) is 13.0 Å². The number of nitrogens with zero attached hydrogens (tertiary/aromatic N) is 2. The largest absolute Gasteiger partial charge is 0.478 e. The fourth-order valence-electron chi connectivity index (χ4n) is 2.84. The summed E-state index contributed by atoms with van der Waals surface area (Å²) in [6.07, 6.45) is 5.10. The fraction of sp³-hybridized carbons (Fsp3) is 0.467. The Hall–Kier alpha value is -1.84. The molecule has 0 spiro atoms. The smallest absolute Gasteiger partial charge is 0.337 e. The van der Waals surface area contributed by atoms with Gasteiger partial charge in [0.2, 0.25) is 0 Å². The first-order chi connectivity index (χ1) is 9.16. The van der Waals surface area contributed by atoms with E-state index in [0.717, 1.165) is 35.7 Å². The number of hydrogen-bond donors (Lipinski definition) is 1. The van der Waals surface area contributed by atoms with Gasteiger partial charge in [-0.1, -0.05) is 25.3 Å². The molecule has 19 heavy (non-hydrogen) atoms. The third-order valence-electron chi connectivity index (χ3n) is 4.17. The SMILES string of the molecule is Cc1nc2cccc(C(=O)O)c2n1CCC1CCC1. The zero-order valence-corrected chi connectivity index (χ0v) is 11.1. The van der Waals surface area contributed by atoms with Crippen LogP contribution in [0.15, 0.2) is 18.2 Å². The van der Waals surface area contributed by atoms with Gasteiger partial charge in [-0.05, 0) is 31.4 Å². The first-order valence-corrected chi connectivity index (χ1v) is 6.86. The number of carboxylic acids is 1. The molecule has 0 aliphatic heterocycles. The summed E-state index contributed by atoms with van der Waals surface area (Å²) >= 11 is 0. The Balaban J connectivity index is 2.00. The summed E-state index contributed by atoms with van der Waals surface area (Å²) in [5.74, 6) is 0.840. The average molecular weight is 258 g/mol. The van der Waals surface area contributed by atoms with Crippen molar-refractivity contribution in [2.24, 2.45) is 5.92 Å². The standard InChI is InChI=1S/C15H18N2O2/c1-10-16-13-7-3-6-12(15(18)19)14(13)17(10)9-8-11-4-2-5-11/h3,6-7,11H,2,4-5,8-9H2,1H3,(H,18,19). The number of aromatic carboxylic acids is 1. The van der Waals surface area contributed by atoms with Crippen LogP contribution in [0.1, 0.15) is 41.9 Å². The van der Waals surface area contributed by atoms with Crippen molar-refractivity contribution < 1.29 is 9.90 Å². The van der Waals surface area contributed by atoms with Crippen LogP contribution in [0.4, 0.5) is 0 Å². The van der Waals surface area contributed by atoms with Crippen LogP contribution in [0.5, 0.6) is 0 Å². The number of rotatable bonds is 4. The number of carboxylic acid groups (broad SMARTS) is 1. The van der Waals surface area contributed by atoms with Crippen molar-refractivity contribution in [3.8, 4) is 0 Å². The lowest BCUT2D eigenvalue weighted by Gasteiger charge is -2.25. The minimum Gasteiger partial charge on any atom is -0.478 e. The van der Waals surface area contributed by atoms with Crippen molar-refractivity contribution in [1.82, 2.24) is 9.55 Å². The average Bonchev–Trinajstić information content (AvgIpc) is 2.63. The van der Waals surface area contributed by atoms with Crippen molar-refractivity contribution in [1.29, 1.82) is 0 Å². The monoisotopic (exact) mass is 258 g/mol. The Bertz CT molecular complexity index is 626. The Morgan fingerprint density at radius 3 is 2.89 bits per heavy atom. The third kappa shape index (κ3) is 2.11. The molecule has 100 valence electrons. The van der Waals surface area contributed by atoms with Gasteiger partial charge in [0.25, 0.3) is 0 Å². The van der Waals surface area contributed by atoms with Crippen LogP contribution in [0.2, 0.25) is 0 Å². The maximum absolute atomic E-state index is 11.3. The van der Waals surface area contributed by atoms with E-state index in [-0.39, 0.29) is 0 Å². The Labute approximate surface area is 112 Å². The second-order valence-corrected chi connectivity index (χ2v) is 5.37. The molecule has 0 bridgehead atoms. The highest BCUT2D eigenvalue weighted by molar-refractivity contribution is 6.01. The Kier molecular flexibility index (Phi) is 3.01. The van der Waals surface area contributed by atoms with E-state index in [1.165, 1.54) is 19.3 Å². The van der Waals surface area contributed by atoms with E-state index in [9.17, 15) is 9.90 Å². The molecule has 1 N–H and O–H groups in total. The molecule has 1 saturated carbocycles. The van der Waals surface area contributed by atoms with Crippen molar-refractivity contribution in [2.45, 2.75) is 39.2 Å². The number of carbonyl (C=O) groups is 1. The molecule has 1 heterocycles. The van der Waals surface area contributed by atoms with E-state index in [2.05, 4.69) is 9.55 Å². The molecule has 1 aromatic carbocycles. The zero-order chi connectivity index (χ0) is 13.4. The van der Waals surface area contributed by atoms with Gasteiger partial charge in [-0.3, -0.25) is 0 Å². The predicted octanol–water partition coefficient (Wildman–Crippen LogP) is 3.23. The highest BCUT2D eigenvalue weighted by Crippen LogP contribution is 2.31. The number of benzene rings is 1. The summed E-state index contributed by atoms with van der Waals surface area (Å²) in [4.78, 5) is 15.8. The maximum atomic E-state index is 11.3. The number of imidazole rings is 1. The van der Waals surface area contributed by atoms with Crippen LogP contribution in [0.3, 0.4) is 0 Å². The molecule has 1 aromatic heterocycles.